The maximum Gasteiger partial charge on any atom is 0.303 e. The molecule has 0 aliphatic carbocycles. The minimum absolute atomic E-state index is 0.157. The summed E-state index contributed by atoms with van der Waals surface area (Å²) < 4.78 is 0. The summed E-state index contributed by atoms with van der Waals surface area (Å²) in [5.41, 5.74) is 0. The Balaban J connectivity index is 2.46. The third-order valence-electron chi connectivity index (χ3n) is 3.38. The number of carbonyl (C=O) groups excluding carboxylic acids is 1. The maximum absolute atomic E-state index is 12.0. The average Bonchev–Trinajstić information content (AvgIpc) is 2.33. The van der Waals surface area contributed by atoms with Crippen LogP contribution in [-0.2, 0) is 9.59 Å². The highest BCUT2D eigenvalue weighted by molar-refractivity contribution is 5.76. The number of nitrogens with zero attached hydrogens (tertiary/aromatic N) is 1. The molecule has 4 heteroatoms. The average molecular weight is 241 g/mol. The van der Waals surface area contributed by atoms with Crippen LogP contribution in [0.1, 0.15) is 58.3 Å². The van der Waals surface area contributed by atoms with Crippen molar-refractivity contribution in [2.75, 3.05) is 6.54 Å². The van der Waals surface area contributed by atoms with E-state index in [-0.39, 0.29) is 18.4 Å². The Hall–Kier alpha value is -1.06. The van der Waals surface area contributed by atoms with Crippen LogP contribution in [0, 0.1) is 0 Å². The van der Waals surface area contributed by atoms with Crippen molar-refractivity contribution in [3.8, 4) is 0 Å². The zero-order valence-electron chi connectivity index (χ0n) is 10.7. The first-order valence-corrected chi connectivity index (χ1v) is 6.66. The molecule has 0 aromatic rings. The molecule has 0 saturated carbocycles. The molecule has 4 nitrogen and oxygen atoms in total. The van der Waals surface area contributed by atoms with Crippen LogP contribution in [0.3, 0.4) is 0 Å². The van der Waals surface area contributed by atoms with Gasteiger partial charge in [-0.2, -0.15) is 0 Å². The van der Waals surface area contributed by atoms with Crippen molar-refractivity contribution >= 4 is 11.9 Å². The number of rotatable bonds is 6. The van der Waals surface area contributed by atoms with E-state index in [1.165, 1.54) is 0 Å². The zero-order valence-corrected chi connectivity index (χ0v) is 10.7. The van der Waals surface area contributed by atoms with E-state index in [4.69, 9.17) is 5.11 Å². The number of carboxylic acids is 1. The fraction of sp³-hybridized carbons (Fsp3) is 0.846. The molecule has 0 spiro atoms. The number of aliphatic carboxylic acids is 1. The van der Waals surface area contributed by atoms with Gasteiger partial charge >= 0.3 is 5.97 Å². The first-order valence-electron chi connectivity index (χ1n) is 6.66. The lowest BCUT2D eigenvalue weighted by Gasteiger charge is -2.35. The van der Waals surface area contributed by atoms with E-state index >= 15 is 0 Å². The van der Waals surface area contributed by atoms with Gasteiger partial charge in [0, 0.05) is 25.4 Å². The Labute approximate surface area is 103 Å². The lowest BCUT2D eigenvalue weighted by molar-refractivity contribution is -0.140. The van der Waals surface area contributed by atoms with Gasteiger partial charge in [0.15, 0.2) is 0 Å². The smallest absolute Gasteiger partial charge is 0.303 e. The number of amides is 1. The molecule has 1 aliphatic heterocycles. The van der Waals surface area contributed by atoms with Gasteiger partial charge < -0.3 is 10.0 Å². The quantitative estimate of drug-likeness (QED) is 0.777. The van der Waals surface area contributed by atoms with Crippen LogP contribution in [0.25, 0.3) is 0 Å². The molecule has 0 radical (unpaired) electrons. The van der Waals surface area contributed by atoms with Gasteiger partial charge in [-0.05, 0) is 32.1 Å². The summed E-state index contributed by atoms with van der Waals surface area (Å²) in [6.07, 6.45) is 6.48. The molecule has 0 bridgehead atoms. The Morgan fingerprint density at radius 2 is 2.06 bits per heavy atom. The molecule has 1 unspecified atom stereocenters. The van der Waals surface area contributed by atoms with Crippen LogP contribution in [0.2, 0.25) is 0 Å². The molecule has 1 aliphatic rings. The molecule has 1 atom stereocenters. The highest BCUT2D eigenvalue weighted by Gasteiger charge is 2.26. The standard InChI is InChI=1S/C13H23NO3/c1-2-3-7-12(15)14-10-5-4-6-11(14)8-9-13(16)17/h11H,2-10H2,1H3,(H,16,17). The van der Waals surface area contributed by atoms with E-state index in [9.17, 15) is 9.59 Å². The van der Waals surface area contributed by atoms with Gasteiger partial charge in [0.1, 0.15) is 0 Å². The number of unbranched alkanes of at least 4 members (excludes halogenated alkanes) is 1. The Bertz CT molecular complexity index is 265. The molecule has 1 amide bonds. The fourth-order valence-electron chi connectivity index (χ4n) is 2.39. The van der Waals surface area contributed by atoms with E-state index in [0.29, 0.717) is 12.8 Å². The van der Waals surface area contributed by atoms with E-state index in [1.807, 2.05) is 4.90 Å². The predicted molar refractivity (Wildman–Crippen MR) is 65.7 cm³/mol. The first-order chi connectivity index (χ1) is 8.15. The van der Waals surface area contributed by atoms with E-state index in [0.717, 1.165) is 38.6 Å². The van der Waals surface area contributed by atoms with Gasteiger partial charge in [0.05, 0.1) is 0 Å². The number of likely N-dealkylation sites (tertiary alicyclic amines) is 1. The number of carboxylic acid groups (broad SMARTS) is 1. The topological polar surface area (TPSA) is 57.6 Å². The predicted octanol–water partition coefficient (Wildman–Crippen LogP) is 2.42. The Morgan fingerprint density at radius 1 is 1.29 bits per heavy atom. The van der Waals surface area contributed by atoms with Crippen molar-refractivity contribution in [3.63, 3.8) is 0 Å². The van der Waals surface area contributed by atoms with Crippen LogP contribution in [0.5, 0.6) is 0 Å². The first kappa shape index (κ1) is 14.0. The van der Waals surface area contributed by atoms with Crippen molar-refractivity contribution in [2.45, 2.75) is 64.3 Å². The fourth-order valence-corrected chi connectivity index (χ4v) is 2.39. The summed E-state index contributed by atoms with van der Waals surface area (Å²) in [7, 11) is 0. The zero-order chi connectivity index (χ0) is 12.7. The minimum Gasteiger partial charge on any atom is -0.481 e. The second-order valence-electron chi connectivity index (χ2n) is 4.77. The molecule has 17 heavy (non-hydrogen) atoms. The van der Waals surface area contributed by atoms with Crippen LogP contribution in [-0.4, -0.2) is 34.5 Å². The molecule has 1 N–H and O–H groups in total. The highest BCUT2D eigenvalue weighted by Crippen LogP contribution is 2.22. The maximum atomic E-state index is 12.0. The van der Waals surface area contributed by atoms with Crippen LogP contribution >= 0.6 is 0 Å². The number of carbonyl (C=O) groups is 2. The molecule has 1 heterocycles. The van der Waals surface area contributed by atoms with E-state index in [1.54, 1.807) is 0 Å². The summed E-state index contributed by atoms with van der Waals surface area (Å²) in [5, 5.41) is 8.71. The molecule has 1 fully saturated rings. The van der Waals surface area contributed by atoms with Gasteiger partial charge in [-0.15, -0.1) is 0 Å². The number of piperidine rings is 1. The molecular formula is C13H23NO3. The van der Waals surface area contributed by atoms with Crippen LogP contribution in [0.4, 0.5) is 0 Å². The summed E-state index contributed by atoms with van der Waals surface area (Å²) in [4.78, 5) is 24.5. The second-order valence-corrected chi connectivity index (χ2v) is 4.77. The third-order valence-corrected chi connectivity index (χ3v) is 3.38. The van der Waals surface area contributed by atoms with Crippen LogP contribution in [0.15, 0.2) is 0 Å². The SMILES string of the molecule is CCCCC(=O)N1CCCCC1CCC(=O)O. The molecule has 0 aromatic carbocycles. The highest BCUT2D eigenvalue weighted by atomic mass is 16.4. The summed E-state index contributed by atoms with van der Waals surface area (Å²) in [6.45, 7) is 2.89. The third kappa shape index (κ3) is 4.75. The molecule has 98 valence electrons. The van der Waals surface area contributed by atoms with Gasteiger partial charge in [0.25, 0.3) is 0 Å². The van der Waals surface area contributed by atoms with Gasteiger partial charge in [-0.1, -0.05) is 13.3 Å². The van der Waals surface area contributed by atoms with Crippen molar-refractivity contribution in [2.24, 2.45) is 0 Å². The van der Waals surface area contributed by atoms with E-state index < -0.39 is 5.97 Å². The normalized spacial score (nSPS) is 20.3. The van der Waals surface area contributed by atoms with Crippen molar-refractivity contribution in [1.82, 2.24) is 4.90 Å². The minimum atomic E-state index is -0.767. The van der Waals surface area contributed by atoms with Gasteiger partial charge in [-0.25, -0.2) is 0 Å². The molecule has 1 saturated heterocycles. The largest absolute Gasteiger partial charge is 0.481 e. The van der Waals surface area contributed by atoms with Crippen LogP contribution < -0.4 is 0 Å². The molecular weight excluding hydrogens is 218 g/mol. The Morgan fingerprint density at radius 3 is 2.71 bits per heavy atom. The molecule has 0 aromatic heterocycles. The van der Waals surface area contributed by atoms with Gasteiger partial charge in [-0.3, -0.25) is 9.59 Å². The number of hydrogen-bond donors (Lipinski definition) is 1. The molecule has 1 rings (SSSR count). The Kier molecular flexibility index (Phi) is 6.01. The van der Waals surface area contributed by atoms with Gasteiger partial charge in [0.2, 0.25) is 5.91 Å². The lowest BCUT2D eigenvalue weighted by Crippen LogP contribution is -2.43. The lowest BCUT2D eigenvalue weighted by atomic mass is 9.97. The summed E-state index contributed by atoms with van der Waals surface area (Å²) in [5.74, 6) is -0.557. The monoisotopic (exact) mass is 241 g/mol. The van der Waals surface area contributed by atoms with Crippen molar-refractivity contribution in [1.29, 1.82) is 0 Å². The summed E-state index contributed by atoms with van der Waals surface area (Å²) >= 11 is 0. The van der Waals surface area contributed by atoms with E-state index in [2.05, 4.69) is 6.92 Å². The summed E-state index contributed by atoms with van der Waals surface area (Å²) in [6, 6.07) is 0.157. The van der Waals surface area contributed by atoms with Crippen molar-refractivity contribution < 1.29 is 14.7 Å². The number of hydrogen-bond acceptors (Lipinski definition) is 2. The second kappa shape index (κ2) is 7.30. The van der Waals surface area contributed by atoms with Crippen molar-refractivity contribution in [3.05, 3.63) is 0 Å².